The van der Waals surface area contributed by atoms with Gasteiger partial charge in [0.1, 0.15) is 5.82 Å². The predicted molar refractivity (Wildman–Crippen MR) is 55.6 cm³/mol. The number of oxazole rings is 1. The van der Waals surface area contributed by atoms with Gasteiger partial charge in [-0.1, -0.05) is 12.1 Å². The molecule has 0 atom stereocenters. The minimum absolute atomic E-state index is 0.0563. The first-order valence-corrected chi connectivity index (χ1v) is 4.65. The zero-order valence-electron chi connectivity index (χ0n) is 8.53. The third-order valence-corrected chi connectivity index (χ3v) is 1.97. The average molecular weight is 220 g/mol. The molecule has 5 heteroatoms. The molecule has 1 amide bonds. The highest BCUT2D eigenvalue weighted by Crippen LogP contribution is 2.14. The standard InChI is InChI=1S/C11H9FN2O2/c1-7-13-6-10(16-7)11(15)14-9-5-3-2-4-8(9)12/h2-6H,1H3,(H,14,15). The van der Waals surface area contributed by atoms with Gasteiger partial charge in [-0.3, -0.25) is 4.79 Å². The molecule has 2 rings (SSSR count). The lowest BCUT2D eigenvalue weighted by Gasteiger charge is -2.03. The molecule has 82 valence electrons. The van der Waals surface area contributed by atoms with Crippen molar-refractivity contribution < 1.29 is 13.6 Å². The average Bonchev–Trinajstić information content (AvgIpc) is 2.68. The zero-order valence-corrected chi connectivity index (χ0v) is 8.53. The van der Waals surface area contributed by atoms with E-state index in [1.807, 2.05) is 0 Å². The van der Waals surface area contributed by atoms with Gasteiger partial charge in [0.15, 0.2) is 5.89 Å². The normalized spacial score (nSPS) is 10.1. The van der Waals surface area contributed by atoms with Crippen LogP contribution in [0.25, 0.3) is 0 Å². The fourth-order valence-corrected chi connectivity index (χ4v) is 1.21. The second kappa shape index (κ2) is 4.14. The number of nitrogens with zero attached hydrogens (tertiary/aromatic N) is 1. The summed E-state index contributed by atoms with van der Waals surface area (Å²) in [7, 11) is 0. The number of halogens is 1. The van der Waals surface area contributed by atoms with Gasteiger partial charge in [-0.15, -0.1) is 0 Å². The van der Waals surface area contributed by atoms with E-state index >= 15 is 0 Å². The van der Waals surface area contributed by atoms with Crippen LogP contribution in [0.2, 0.25) is 0 Å². The largest absolute Gasteiger partial charge is 0.436 e. The number of rotatable bonds is 2. The number of hydrogen-bond donors (Lipinski definition) is 1. The fraction of sp³-hybridized carbons (Fsp3) is 0.0909. The maximum Gasteiger partial charge on any atom is 0.293 e. The molecule has 0 aliphatic rings. The van der Waals surface area contributed by atoms with Gasteiger partial charge in [-0.2, -0.15) is 0 Å². The van der Waals surface area contributed by atoms with Crippen LogP contribution < -0.4 is 5.32 Å². The highest BCUT2D eigenvalue weighted by Gasteiger charge is 2.12. The molecule has 0 bridgehead atoms. The van der Waals surface area contributed by atoms with Crippen molar-refractivity contribution in [3.05, 3.63) is 47.9 Å². The van der Waals surface area contributed by atoms with Gasteiger partial charge < -0.3 is 9.73 Å². The number of para-hydroxylation sites is 1. The molecule has 0 fully saturated rings. The second-order valence-corrected chi connectivity index (χ2v) is 3.18. The van der Waals surface area contributed by atoms with Gasteiger partial charge in [-0.05, 0) is 12.1 Å². The summed E-state index contributed by atoms with van der Waals surface area (Å²) in [5.41, 5.74) is 0.113. The van der Waals surface area contributed by atoms with Crippen molar-refractivity contribution in [3.8, 4) is 0 Å². The molecule has 0 aliphatic heterocycles. The van der Waals surface area contributed by atoms with Crippen molar-refractivity contribution in [1.29, 1.82) is 0 Å². The van der Waals surface area contributed by atoms with Crippen LogP contribution in [0.1, 0.15) is 16.4 Å². The van der Waals surface area contributed by atoms with Gasteiger partial charge in [0, 0.05) is 6.92 Å². The molecule has 2 aromatic rings. The van der Waals surface area contributed by atoms with E-state index in [0.717, 1.165) is 0 Å². The van der Waals surface area contributed by atoms with Crippen LogP contribution in [-0.2, 0) is 0 Å². The lowest BCUT2D eigenvalue weighted by Crippen LogP contribution is -2.11. The van der Waals surface area contributed by atoms with Crippen LogP contribution in [0, 0.1) is 12.7 Å². The number of anilines is 1. The van der Waals surface area contributed by atoms with E-state index in [-0.39, 0.29) is 11.4 Å². The molecule has 1 heterocycles. The highest BCUT2D eigenvalue weighted by atomic mass is 19.1. The minimum atomic E-state index is -0.522. The van der Waals surface area contributed by atoms with E-state index in [1.54, 1.807) is 19.1 Å². The van der Waals surface area contributed by atoms with Crippen LogP contribution in [-0.4, -0.2) is 10.9 Å². The zero-order chi connectivity index (χ0) is 11.5. The summed E-state index contributed by atoms with van der Waals surface area (Å²) < 4.78 is 18.2. The summed E-state index contributed by atoms with van der Waals surface area (Å²) >= 11 is 0. The molecule has 0 aliphatic carbocycles. The van der Waals surface area contributed by atoms with Gasteiger partial charge >= 0.3 is 0 Å². The summed E-state index contributed by atoms with van der Waals surface area (Å²) in [6.45, 7) is 1.62. The molecule has 0 saturated carbocycles. The number of aromatic nitrogens is 1. The predicted octanol–water partition coefficient (Wildman–Crippen LogP) is 2.37. The Morgan fingerprint density at radius 3 is 2.81 bits per heavy atom. The third kappa shape index (κ3) is 2.08. The molecule has 0 radical (unpaired) electrons. The van der Waals surface area contributed by atoms with Crippen LogP contribution >= 0.6 is 0 Å². The van der Waals surface area contributed by atoms with Crippen molar-refractivity contribution in [2.45, 2.75) is 6.92 Å². The molecule has 0 spiro atoms. The molecule has 1 aromatic carbocycles. The molecule has 0 saturated heterocycles. The van der Waals surface area contributed by atoms with Gasteiger partial charge in [-0.25, -0.2) is 9.37 Å². The Morgan fingerprint density at radius 1 is 1.44 bits per heavy atom. The molecular formula is C11H9FN2O2. The van der Waals surface area contributed by atoms with E-state index in [2.05, 4.69) is 10.3 Å². The maximum atomic E-state index is 13.2. The first-order valence-electron chi connectivity index (χ1n) is 4.65. The number of aryl methyl sites for hydroxylation is 1. The molecular weight excluding hydrogens is 211 g/mol. The van der Waals surface area contributed by atoms with E-state index in [9.17, 15) is 9.18 Å². The number of nitrogens with one attached hydrogen (secondary N) is 1. The topological polar surface area (TPSA) is 55.1 Å². The number of benzene rings is 1. The molecule has 16 heavy (non-hydrogen) atoms. The second-order valence-electron chi connectivity index (χ2n) is 3.18. The molecule has 1 N–H and O–H groups in total. The highest BCUT2D eigenvalue weighted by molar-refractivity contribution is 6.02. The fourth-order valence-electron chi connectivity index (χ4n) is 1.21. The SMILES string of the molecule is Cc1ncc(C(=O)Nc2ccccc2F)o1. The minimum Gasteiger partial charge on any atom is -0.436 e. The Kier molecular flexibility index (Phi) is 2.68. The van der Waals surface area contributed by atoms with E-state index in [1.165, 1.54) is 18.3 Å². The number of hydrogen-bond acceptors (Lipinski definition) is 3. The van der Waals surface area contributed by atoms with Gasteiger partial charge in [0.25, 0.3) is 5.91 Å². The Hall–Kier alpha value is -2.17. The van der Waals surface area contributed by atoms with E-state index in [0.29, 0.717) is 5.89 Å². The lowest BCUT2D eigenvalue weighted by molar-refractivity contribution is 0.0995. The van der Waals surface area contributed by atoms with Crippen molar-refractivity contribution in [3.63, 3.8) is 0 Å². The van der Waals surface area contributed by atoms with Gasteiger partial charge in [0.2, 0.25) is 5.76 Å². The van der Waals surface area contributed by atoms with Crippen LogP contribution in [0.4, 0.5) is 10.1 Å². The lowest BCUT2D eigenvalue weighted by atomic mass is 10.3. The van der Waals surface area contributed by atoms with Crippen molar-refractivity contribution >= 4 is 11.6 Å². The van der Waals surface area contributed by atoms with Crippen LogP contribution in [0.15, 0.2) is 34.9 Å². The first kappa shape index (κ1) is 10.4. The Bertz CT molecular complexity index is 522. The monoisotopic (exact) mass is 220 g/mol. The maximum absolute atomic E-state index is 13.2. The number of carbonyl (C=O) groups excluding carboxylic acids is 1. The first-order chi connectivity index (χ1) is 7.66. The smallest absolute Gasteiger partial charge is 0.293 e. The number of amides is 1. The third-order valence-electron chi connectivity index (χ3n) is 1.97. The summed E-state index contributed by atoms with van der Waals surface area (Å²) in [4.78, 5) is 15.3. The van der Waals surface area contributed by atoms with Gasteiger partial charge in [0.05, 0.1) is 11.9 Å². The summed E-state index contributed by atoms with van der Waals surface area (Å²) in [5.74, 6) is -0.572. The summed E-state index contributed by atoms with van der Waals surface area (Å²) in [6.07, 6.45) is 1.30. The van der Waals surface area contributed by atoms with Crippen molar-refractivity contribution in [1.82, 2.24) is 4.98 Å². The quantitative estimate of drug-likeness (QED) is 0.845. The van der Waals surface area contributed by atoms with Crippen LogP contribution in [0.3, 0.4) is 0 Å². The Balaban J connectivity index is 2.17. The number of carbonyl (C=O) groups is 1. The molecule has 0 unspecified atom stereocenters. The van der Waals surface area contributed by atoms with E-state index in [4.69, 9.17) is 4.42 Å². The van der Waals surface area contributed by atoms with E-state index < -0.39 is 11.7 Å². The summed E-state index contributed by atoms with van der Waals surface area (Å²) in [5, 5.41) is 2.39. The molecule has 1 aromatic heterocycles. The Morgan fingerprint density at radius 2 is 2.19 bits per heavy atom. The van der Waals surface area contributed by atoms with Crippen molar-refractivity contribution in [2.75, 3.05) is 5.32 Å². The Labute approximate surface area is 91.1 Å². The van der Waals surface area contributed by atoms with Crippen LogP contribution in [0.5, 0.6) is 0 Å². The summed E-state index contributed by atoms with van der Waals surface area (Å²) in [6, 6.07) is 5.91. The van der Waals surface area contributed by atoms with Crippen molar-refractivity contribution in [2.24, 2.45) is 0 Å². The molecule has 4 nitrogen and oxygen atoms in total.